The van der Waals surface area contributed by atoms with Gasteiger partial charge in [0.25, 0.3) is 5.69 Å². The summed E-state index contributed by atoms with van der Waals surface area (Å²) in [4.78, 5) is 24.8. The number of carbonyl (C=O) groups is 1. The van der Waals surface area contributed by atoms with Crippen molar-refractivity contribution in [3.8, 4) is 0 Å². The zero-order valence-corrected chi connectivity index (χ0v) is 13.5. The van der Waals surface area contributed by atoms with Gasteiger partial charge in [0.1, 0.15) is 0 Å². The van der Waals surface area contributed by atoms with E-state index in [2.05, 4.69) is 5.32 Å². The summed E-state index contributed by atoms with van der Waals surface area (Å²) >= 11 is 0. The molecule has 1 amide bonds. The Balaban J connectivity index is 1.73. The Hall–Kier alpha value is -2.89. The largest absolute Gasteiger partial charge is 0.376 e. The average Bonchev–Trinajstić information content (AvgIpc) is 2.60. The minimum absolute atomic E-state index is 0.0128. The quantitative estimate of drug-likeness (QED) is 0.691. The number of benzene rings is 2. The Kier molecular flexibility index (Phi) is 4.46. The van der Waals surface area contributed by atoms with Crippen LogP contribution in [0.15, 0.2) is 42.5 Å². The van der Waals surface area contributed by atoms with Gasteiger partial charge in [-0.2, -0.15) is 0 Å². The highest BCUT2D eigenvalue weighted by Gasteiger charge is 2.22. The van der Waals surface area contributed by atoms with Gasteiger partial charge in [-0.3, -0.25) is 14.9 Å². The number of nitrogens with zero attached hydrogens (tertiary/aromatic N) is 2. The Morgan fingerprint density at radius 1 is 1.29 bits per heavy atom. The number of non-ortho nitro benzene ring substituents is 1. The van der Waals surface area contributed by atoms with E-state index in [1.54, 1.807) is 11.0 Å². The molecule has 0 spiro atoms. The van der Waals surface area contributed by atoms with Crippen molar-refractivity contribution in [3.63, 3.8) is 0 Å². The van der Waals surface area contributed by atoms with E-state index in [0.717, 1.165) is 24.1 Å². The standard InChI is InChI=1S/C18H19N3O3/c1-13-8-9-15(21(23)24)11-16(13)19-12-18(22)20-10-4-6-14-5-2-3-7-17(14)20/h2-3,5,7-9,11,19H,4,6,10,12H2,1H3. The summed E-state index contributed by atoms with van der Waals surface area (Å²) in [5.74, 6) is -0.0342. The molecule has 6 heteroatoms. The molecule has 2 aromatic rings. The second-order valence-electron chi connectivity index (χ2n) is 5.89. The van der Waals surface area contributed by atoms with Gasteiger partial charge in [0.2, 0.25) is 5.91 Å². The molecule has 1 N–H and O–H groups in total. The molecule has 6 nitrogen and oxygen atoms in total. The third-order valence-electron chi connectivity index (χ3n) is 4.27. The van der Waals surface area contributed by atoms with Crippen molar-refractivity contribution in [2.24, 2.45) is 0 Å². The molecule has 0 saturated carbocycles. The van der Waals surface area contributed by atoms with E-state index < -0.39 is 4.92 Å². The first kappa shape index (κ1) is 16.0. The number of nitrogens with one attached hydrogen (secondary N) is 1. The van der Waals surface area contributed by atoms with Crippen LogP contribution < -0.4 is 10.2 Å². The predicted molar refractivity (Wildman–Crippen MR) is 93.4 cm³/mol. The maximum atomic E-state index is 12.6. The highest BCUT2D eigenvalue weighted by Crippen LogP contribution is 2.27. The molecule has 1 aliphatic rings. The van der Waals surface area contributed by atoms with Crippen LogP contribution in [0, 0.1) is 17.0 Å². The summed E-state index contributed by atoms with van der Waals surface area (Å²) in [6.07, 6.45) is 1.93. The molecule has 1 aliphatic heterocycles. The highest BCUT2D eigenvalue weighted by atomic mass is 16.6. The number of amides is 1. The molecule has 0 aromatic heterocycles. The van der Waals surface area contributed by atoms with E-state index >= 15 is 0 Å². The lowest BCUT2D eigenvalue weighted by Crippen LogP contribution is -2.39. The fraction of sp³-hybridized carbons (Fsp3) is 0.278. The number of aryl methyl sites for hydroxylation is 2. The summed E-state index contributed by atoms with van der Waals surface area (Å²) in [5.41, 5.74) is 3.64. The molecule has 2 aromatic carbocycles. The second-order valence-corrected chi connectivity index (χ2v) is 5.89. The number of nitro groups is 1. The maximum Gasteiger partial charge on any atom is 0.271 e. The van der Waals surface area contributed by atoms with Gasteiger partial charge < -0.3 is 10.2 Å². The molecule has 124 valence electrons. The maximum absolute atomic E-state index is 12.6. The van der Waals surface area contributed by atoms with Gasteiger partial charge in [-0.1, -0.05) is 24.3 Å². The Morgan fingerprint density at radius 3 is 2.88 bits per heavy atom. The van der Waals surface area contributed by atoms with Crippen molar-refractivity contribution in [2.45, 2.75) is 19.8 Å². The molecule has 0 aliphatic carbocycles. The number of hydrogen-bond donors (Lipinski definition) is 1. The van der Waals surface area contributed by atoms with Crippen LogP contribution >= 0.6 is 0 Å². The van der Waals surface area contributed by atoms with Gasteiger partial charge in [0, 0.05) is 30.1 Å². The molecular formula is C18H19N3O3. The summed E-state index contributed by atoms with van der Waals surface area (Å²) in [6, 6.07) is 12.5. The van der Waals surface area contributed by atoms with Crippen molar-refractivity contribution < 1.29 is 9.72 Å². The number of para-hydroxylation sites is 1. The van der Waals surface area contributed by atoms with Gasteiger partial charge in [-0.15, -0.1) is 0 Å². The monoisotopic (exact) mass is 325 g/mol. The van der Waals surface area contributed by atoms with E-state index in [1.165, 1.54) is 17.7 Å². The number of carbonyl (C=O) groups excluding carboxylic acids is 1. The van der Waals surface area contributed by atoms with Gasteiger partial charge in [0.15, 0.2) is 0 Å². The van der Waals surface area contributed by atoms with E-state index in [9.17, 15) is 14.9 Å². The van der Waals surface area contributed by atoms with Crippen molar-refractivity contribution in [1.29, 1.82) is 0 Å². The number of rotatable bonds is 4. The summed E-state index contributed by atoms with van der Waals surface area (Å²) < 4.78 is 0. The van der Waals surface area contributed by atoms with E-state index in [-0.39, 0.29) is 18.1 Å². The van der Waals surface area contributed by atoms with Crippen LogP contribution in [-0.2, 0) is 11.2 Å². The number of hydrogen-bond acceptors (Lipinski definition) is 4. The molecule has 0 unspecified atom stereocenters. The molecule has 0 bridgehead atoms. The van der Waals surface area contributed by atoms with Crippen LogP contribution in [0.2, 0.25) is 0 Å². The molecule has 3 rings (SSSR count). The Labute approximate surface area is 140 Å². The lowest BCUT2D eigenvalue weighted by Gasteiger charge is -2.29. The minimum Gasteiger partial charge on any atom is -0.376 e. The van der Waals surface area contributed by atoms with Crippen LogP contribution in [0.3, 0.4) is 0 Å². The van der Waals surface area contributed by atoms with E-state index in [4.69, 9.17) is 0 Å². The molecule has 0 atom stereocenters. The minimum atomic E-state index is -0.437. The van der Waals surface area contributed by atoms with Crippen molar-refractivity contribution in [1.82, 2.24) is 0 Å². The molecular weight excluding hydrogens is 306 g/mol. The molecule has 0 saturated heterocycles. The fourth-order valence-electron chi connectivity index (χ4n) is 2.97. The van der Waals surface area contributed by atoms with Crippen LogP contribution in [0.5, 0.6) is 0 Å². The Morgan fingerprint density at radius 2 is 2.08 bits per heavy atom. The van der Waals surface area contributed by atoms with E-state index in [1.807, 2.05) is 31.2 Å². The van der Waals surface area contributed by atoms with Crippen LogP contribution in [-0.4, -0.2) is 23.9 Å². The fourth-order valence-corrected chi connectivity index (χ4v) is 2.97. The summed E-state index contributed by atoms with van der Waals surface area (Å²) in [5, 5.41) is 13.9. The summed E-state index contributed by atoms with van der Waals surface area (Å²) in [6.45, 7) is 2.66. The normalized spacial score (nSPS) is 13.3. The highest BCUT2D eigenvalue weighted by molar-refractivity contribution is 5.97. The average molecular weight is 325 g/mol. The topological polar surface area (TPSA) is 75.5 Å². The third kappa shape index (κ3) is 3.22. The van der Waals surface area contributed by atoms with Gasteiger partial charge >= 0.3 is 0 Å². The van der Waals surface area contributed by atoms with Gasteiger partial charge in [0.05, 0.1) is 11.5 Å². The number of anilines is 2. The first-order valence-electron chi connectivity index (χ1n) is 7.93. The van der Waals surface area contributed by atoms with Crippen LogP contribution in [0.1, 0.15) is 17.5 Å². The molecule has 24 heavy (non-hydrogen) atoms. The zero-order chi connectivity index (χ0) is 17.1. The van der Waals surface area contributed by atoms with Crippen molar-refractivity contribution in [3.05, 3.63) is 63.7 Å². The van der Waals surface area contributed by atoms with Crippen LogP contribution in [0.4, 0.5) is 17.1 Å². The first-order valence-corrected chi connectivity index (χ1v) is 7.93. The number of fused-ring (bicyclic) bond motifs is 1. The van der Waals surface area contributed by atoms with Crippen molar-refractivity contribution >= 4 is 23.0 Å². The first-order chi connectivity index (χ1) is 11.6. The lowest BCUT2D eigenvalue weighted by atomic mass is 10.0. The van der Waals surface area contributed by atoms with Crippen LogP contribution in [0.25, 0.3) is 0 Å². The second kappa shape index (κ2) is 6.70. The van der Waals surface area contributed by atoms with Crippen molar-refractivity contribution in [2.75, 3.05) is 23.3 Å². The molecule has 0 fully saturated rings. The molecule has 0 radical (unpaired) electrons. The zero-order valence-electron chi connectivity index (χ0n) is 13.5. The van der Waals surface area contributed by atoms with Gasteiger partial charge in [-0.05, 0) is 37.0 Å². The predicted octanol–water partition coefficient (Wildman–Crippen LogP) is 3.29. The SMILES string of the molecule is Cc1ccc([N+](=O)[O-])cc1NCC(=O)N1CCCc2ccccc21. The molecule has 1 heterocycles. The Bertz CT molecular complexity index is 789. The smallest absolute Gasteiger partial charge is 0.271 e. The summed E-state index contributed by atoms with van der Waals surface area (Å²) in [7, 11) is 0. The van der Waals surface area contributed by atoms with E-state index in [0.29, 0.717) is 12.2 Å². The lowest BCUT2D eigenvalue weighted by molar-refractivity contribution is -0.384. The van der Waals surface area contributed by atoms with Gasteiger partial charge in [-0.25, -0.2) is 0 Å². The third-order valence-corrected chi connectivity index (χ3v) is 4.27. The number of nitro benzene ring substituents is 1.